The number of carbonyl (C=O) groups excluding carboxylic acids is 2. The van der Waals surface area contributed by atoms with Crippen molar-refractivity contribution in [1.82, 2.24) is 5.43 Å². The van der Waals surface area contributed by atoms with Crippen molar-refractivity contribution < 1.29 is 14.3 Å². The van der Waals surface area contributed by atoms with E-state index < -0.39 is 5.91 Å². The van der Waals surface area contributed by atoms with Crippen LogP contribution in [0.25, 0.3) is 0 Å². The molecule has 2 rings (SSSR count). The third-order valence-corrected chi connectivity index (χ3v) is 3.59. The fraction of sp³-hybridized carbons (Fsp3) is 0.167. The Hall–Kier alpha value is -2.86. The minimum atomic E-state index is -0.414. The Morgan fingerprint density at radius 3 is 2.52 bits per heavy atom. The number of amides is 2. The van der Waals surface area contributed by atoms with E-state index in [1.807, 2.05) is 0 Å². The number of ether oxygens (including phenoxy) is 1. The minimum Gasteiger partial charge on any atom is -0.496 e. The molecule has 0 aliphatic heterocycles. The molecule has 0 aliphatic rings. The predicted octanol–water partition coefficient (Wildman–Crippen LogP) is 3.48. The SMILES string of the molecule is COc1ccccc1C(=O)N/N=C(/C)CC(=O)Nc1ccccc1Cl. The zero-order valence-corrected chi connectivity index (χ0v) is 14.6. The zero-order chi connectivity index (χ0) is 18.2. The lowest BCUT2D eigenvalue weighted by molar-refractivity contribution is -0.115. The number of hydrazone groups is 1. The Balaban J connectivity index is 1.94. The number of benzene rings is 2. The second-order valence-corrected chi connectivity index (χ2v) is 5.60. The van der Waals surface area contributed by atoms with Gasteiger partial charge in [0.1, 0.15) is 5.75 Å². The number of nitrogens with zero attached hydrogens (tertiary/aromatic N) is 1. The third-order valence-electron chi connectivity index (χ3n) is 3.26. The second kappa shape index (κ2) is 8.84. The zero-order valence-electron chi connectivity index (χ0n) is 13.9. The summed E-state index contributed by atoms with van der Waals surface area (Å²) in [6.45, 7) is 1.65. The van der Waals surface area contributed by atoms with Crippen LogP contribution in [-0.2, 0) is 4.79 Å². The molecule has 130 valence electrons. The maximum absolute atomic E-state index is 12.1. The molecule has 2 aromatic carbocycles. The summed E-state index contributed by atoms with van der Waals surface area (Å²) in [5.74, 6) is -0.242. The molecule has 2 aromatic rings. The van der Waals surface area contributed by atoms with E-state index in [2.05, 4.69) is 15.8 Å². The smallest absolute Gasteiger partial charge is 0.275 e. The topological polar surface area (TPSA) is 79.8 Å². The second-order valence-electron chi connectivity index (χ2n) is 5.19. The lowest BCUT2D eigenvalue weighted by atomic mass is 10.2. The molecule has 0 bridgehead atoms. The average Bonchev–Trinajstić information content (AvgIpc) is 2.61. The molecule has 0 saturated carbocycles. The van der Waals surface area contributed by atoms with Gasteiger partial charge in [-0.3, -0.25) is 9.59 Å². The van der Waals surface area contributed by atoms with Gasteiger partial charge in [-0.05, 0) is 31.2 Å². The molecule has 0 unspecified atom stereocenters. The fourth-order valence-electron chi connectivity index (χ4n) is 2.07. The highest BCUT2D eigenvalue weighted by Crippen LogP contribution is 2.20. The highest BCUT2D eigenvalue weighted by atomic mass is 35.5. The number of halogens is 1. The molecule has 7 heteroatoms. The summed E-state index contributed by atoms with van der Waals surface area (Å²) in [5, 5.41) is 7.10. The molecule has 0 radical (unpaired) electrons. The van der Waals surface area contributed by atoms with Gasteiger partial charge < -0.3 is 10.1 Å². The summed E-state index contributed by atoms with van der Waals surface area (Å²) < 4.78 is 5.13. The molecule has 0 fully saturated rings. The first-order valence-corrected chi connectivity index (χ1v) is 7.90. The molecule has 0 spiro atoms. The number of carbonyl (C=O) groups is 2. The van der Waals surface area contributed by atoms with Crippen molar-refractivity contribution in [2.45, 2.75) is 13.3 Å². The van der Waals surface area contributed by atoms with E-state index in [1.54, 1.807) is 55.5 Å². The number of methoxy groups -OCH3 is 1. The average molecular weight is 360 g/mol. The molecule has 2 N–H and O–H groups in total. The number of hydrogen-bond acceptors (Lipinski definition) is 4. The van der Waals surface area contributed by atoms with E-state index in [0.29, 0.717) is 27.7 Å². The van der Waals surface area contributed by atoms with E-state index in [4.69, 9.17) is 16.3 Å². The lowest BCUT2D eigenvalue weighted by Crippen LogP contribution is -2.22. The lowest BCUT2D eigenvalue weighted by Gasteiger charge is -2.08. The van der Waals surface area contributed by atoms with E-state index in [0.717, 1.165) is 0 Å². The minimum absolute atomic E-state index is 0.0252. The van der Waals surface area contributed by atoms with Gasteiger partial charge in [-0.25, -0.2) is 5.43 Å². The quantitative estimate of drug-likeness (QED) is 0.612. The Labute approximate surface area is 150 Å². The largest absolute Gasteiger partial charge is 0.496 e. The van der Waals surface area contributed by atoms with Crippen LogP contribution in [0.2, 0.25) is 5.02 Å². The van der Waals surface area contributed by atoms with E-state index in [-0.39, 0.29) is 12.3 Å². The van der Waals surface area contributed by atoms with Crippen LogP contribution in [0, 0.1) is 0 Å². The van der Waals surface area contributed by atoms with Crippen LogP contribution < -0.4 is 15.5 Å². The number of nitrogens with one attached hydrogen (secondary N) is 2. The maximum atomic E-state index is 12.1. The normalized spacial score (nSPS) is 10.9. The summed E-state index contributed by atoms with van der Waals surface area (Å²) >= 11 is 5.99. The van der Waals surface area contributed by atoms with Gasteiger partial charge in [0.15, 0.2) is 0 Å². The van der Waals surface area contributed by atoms with E-state index >= 15 is 0 Å². The van der Waals surface area contributed by atoms with Crippen LogP contribution in [-0.4, -0.2) is 24.6 Å². The standard InChI is InChI=1S/C18H18ClN3O3/c1-12(11-17(23)20-15-9-5-4-8-14(15)19)21-22-18(24)13-7-3-6-10-16(13)25-2/h3-10H,11H2,1-2H3,(H,20,23)(H,22,24)/b21-12-. The first-order valence-electron chi connectivity index (χ1n) is 7.52. The summed E-state index contributed by atoms with van der Waals surface area (Å²) in [5.41, 5.74) is 3.76. The number of anilines is 1. The Kier molecular flexibility index (Phi) is 6.54. The van der Waals surface area contributed by atoms with Gasteiger partial charge >= 0.3 is 0 Å². The number of para-hydroxylation sites is 2. The monoisotopic (exact) mass is 359 g/mol. The van der Waals surface area contributed by atoms with Crippen LogP contribution in [0.5, 0.6) is 5.75 Å². The Bertz CT molecular complexity index is 806. The highest BCUT2D eigenvalue weighted by Gasteiger charge is 2.11. The van der Waals surface area contributed by atoms with Crippen molar-refractivity contribution in [2.24, 2.45) is 5.10 Å². The van der Waals surface area contributed by atoms with Crippen LogP contribution in [0.4, 0.5) is 5.69 Å². The first kappa shape index (κ1) is 18.5. The van der Waals surface area contributed by atoms with Gasteiger partial charge in [0.2, 0.25) is 5.91 Å². The summed E-state index contributed by atoms with van der Waals surface area (Å²) in [6, 6.07) is 13.7. The van der Waals surface area contributed by atoms with Gasteiger partial charge in [-0.1, -0.05) is 35.9 Å². The first-order chi connectivity index (χ1) is 12.0. The molecule has 2 amide bonds. The summed E-state index contributed by atoms with van der Waals surface area (Å²) in [4.78, 5) is 24.1. The van der Waals surface area contributed by atoms with Gasteiger partial charge in [0.25, 0.3) is 5.91 Å². The van der Waals surface area contributed by atoms with Crippen LogP contribution in [0.15, 0.2) is 53.6 Å². The molecule has 6 nitrogen and oxygen atoms in total. The van der Waals surface area contributed by atoms with Crippen molar-refractivity contribution in [3.8, 4) is 5.75 Å². The van der Waals surface area contributed by atoms with Gasteiger partial charge in [-0.15, -0.1) is 0 Å². The van der Waals surface area contributed by atoms with E-state index in [9.17, 15) is 9.59 Å². The molecule has 0 heterocycles. The van der Waals surface area contributed by atoms with Crippen LogP contribution >= 0.6 is 11.6 Å². The highest BCUT2D eigenvalue weighted by molar-refractivity contribution is 6.33. The van der Waals surface area contributed by atoms with Crippen molar-refractivity contribution in [1.29, 1.82) is 0 Å². The Morgan fingerprint density at radius 2 is 1.80 bits per heavy atom. The summed E-state index contributed by atoms with van der Waals surface area (Å²) in [6.07, 6.45) is 0.0252. The predicted molar refractivity (Wildman–Crippen MR) is 98.3 cm³/mol. The maximum Gasteiger partial charge on any atom is 0.275 e. The Morgan fingerprint density at radius 1 is 1.12 bits per heavy atom. The summed E-state index contributed by atoms with van der Waals surface area (Å²) in [7, 11) is 1.49. The number of rotatable bonds is 6. The molecule has 0 atom stereocenters. The van der Waals surface area contributed by atoms with Crippen LogP contribution in [0.1, 0.15) is 23.7 Å². The van der Waals surface area contributed by atoms with Gasteiger partial charge in [-0.2, -0.15) is 5.10 Å². The van der Waals surface area contributed by atoms with Gasteiger partial charge in [0.05, 0.1) is 29.8 Å². The van der Waals surface area contributed by atoms with Gasteiger partial charge in [0, 0.05) is 5.71 Å². The van der Waals surface area contributed by atoms with Crippen molar-refractivity contribution in [2.75, 3.05) is 12.4 Å². The molecule has 25 heavy (non-hydrogen) atoms. The molecular formula is C18H18ClN3O3. The van der Waals surface area contributed by atoms with E-state index in [1.165, 1.54) is 7.11 Å². The molecule has 0 aliphatic carbocycles. The van der Waals surface area contributed by atoms with Crippen LogP contribution in [0.3, 0.4) is 0 Å². The molecule has 0 aromatic heterocycles. The number of hydrogen-bond donors (Lipinski definition) is 2. The van der Waals surface area contributed by atoms with Crippen molar-refractivity contribution >= 4 is 34.8 Å². The van der Waals surface area contributed by atoms with Crippen molar-refractivity contribution in [3.05, 3.63) is 59.1 Å². The fourth-order valence-corrected chi connectivity index (χ4v) is 2.25. The van der Waals surface area contributed by atoms with Crippen molar-refractivity contribution in [3.63, 3.8) is 0 Å². The molecule has 0 saturated heterocycles. The molecular weight excluding hydrogens is 342 g/mol. The third kappa shape index (κ3) is 5.32.